The van der Waals surface area contributed by atoms with Gasteiger partial charge in [-0.3, -0.25) is 0 Å². The van der Waals surface area contributed by atoms with Gasteiger partial charge < -0.3 is 19.9 Å². The zero-order valence-electron chi connectivity index (χ0n) is 18.3. The van der Waals surface area contributed by atoms with Crippen LogP contribution in [0.5, 0.6) is 5.75 Å². The largest absolute Gasteiger partial charge is 0.497 e. The molecular weight excluding hydrogens is 381 g/mol. The highest BCUT2D eigenvalue weighted by molar-refractivity contribution is 5.71. The average molecular weight is 416 g/mol. The Morgan fingerprint density at radius 2 is 2.03 bits per heavy atom. The van der Waals surface area contributed by atoms with Gasteiger partial charge in [0.25, 0.3) is 0 Å². The van der Waals surface area contributed by atoms with Crippen molar-refractivity contribution >= 4 is 0 Å². The Morgan fingerprint density at radius 1 is 1.20 bits per heavy atom. The van der Waals surface area contributed by atoms with Crippen molar-refractivity contribution in [1.29, 1.82) is 0 Å². The lowest BCUT2D eigenvalue weighted by Crippen LogP contribution is -2.44. The minimum Gasteiger partial charge on any atom is -0.497 e. The van der Waals surface area contributed by atoms with Crippen LogP contribution < -0.4 is 10.1 Å². The molecule has 1 fully saturated rings. The van der Waals surface area contributed by atoms with Gasteiger partial charge in [-0.05, 0) is 80.5 Å². The van der Waals surface area contributed by atoms with E-state index in [9.17, 15) is 5.11 Å². The number of piperidine rings is 1. The number of unbranched alkanes of at least 4 members (excludes halogenated alkanes) is 1. The molecule has 0 saturated carbocycles. The van der Waals surface area contributed by atoms with Gasteiger partial charge in [-0.15, -0.1) is 0 Å². The number of benzene rings is 2. The first-order chi connectivity index (χ1) is 14.5. The average Bonchev–Trinajstić information content (AvgIpc) is 2.76. The summed E-state index contributed by atoms with van der Waals surface area (Å²) in [6.07, 6.45) is 4.17. The third-order valence-electron chi connectivity index (χ3n) is 6.18. The Kier molecular flexibility index (Phi) is 7.87. The van der Waals surface area contributed by atoms with E-state index in [1.165, 1.54) is 6.07 Å². The van der Waals surface area contributed by atoms with Gasteiger partial charge in [0.2, 0.25) is 0 Å². The first kappa shape index (κ1) is 22.7. The smallest absolute Gasteiger partial charge is 0.131 e. The van der Waals surface area contributed by atoms with E-state index in [1.54, 1.807) is 20.3 Å². The molecule has 1 heterocycles. The number of rotatable bonds is 9. The van der Waals surface area contributed by atoms with Gasteiger partial charge in [-0.25, -0.2) is 4.39 Å². The Labute approximate surface area is 179 Å². The lowest BCUT2D eigenvalue weighted by Gasteiger charge is -2.40. The Morgan fingerprint density at radius 3 is 2.73 bits per heavy atom. The molecule has 0 amide bonds. The van der Waals surface area contributed by atoms with Crippen molar-refractivity contribution in [2.75, 3.05) is 33.9 Å². The highest BCUT2D eigenvalue weighted by Crippen LogP contribution is 2.44. The number of methoxy groups -OCH3 is 2. The highest BCUT2D eigenvalue weighted by Gasteiger charge is 2.40. The van der Waals surface area contributed by atoms with Crippen LogP contribution in [0.2, 0.25) is 0 Å². The molecule has 0 aromatic heterocycles. The number of hydrogen-bond acceptors (Lipinski definition) is 4. The molecule has 0 radical (unpaired) electrons. The van der Waals surface area contributed by atoms with Crippen molar-refractivity contribution in [3.05, 3.63) is 53.3 Å². The highest BCUT2D eigenvalue weighted by atomic mass is 19.1. The molecule has 1 aliphatic heterocycles. The van der Waals surface area contributed by atoms with Gasteiger partial charge in [0.05, 0.1) is 12.7 Å². The van der Waals surface area contributed by atoms with Crippen LogP contribution in [0.25, 0.3) is 11.1 Å². The number of aliphatic hydroxyl groups is 1. The Balaban J connectivity index is 2.09. The third-order valence-corrected chi connectivity index (χ3v) is 6.18. The number of ether oxygens (including phenoxy) is 2. The summed E-state index contributed by atoms with van der Waals surface area (Å²) in [4.78, 5) is 0. The van der Waals surface area contributed by atoms with Gasteiger partial charge in [-0.2, -0.15) is 0 Å². The van der Waals surface area contributed by atoms with Crippen molar-refractivity contribution < 1.29 is 19.0 Å². The molecule has 2 aromatic carbocycles. The molecule has 2 N–H and O–H groups in total. The number of halogens is 1. The van der Waals surface area contributed by atoms with Crippen LogP contribution in [0.3, 0.4) is 0 Å². The number of nitrogens with one attached hydrogen (secondary N) is 1. The molecule has 0 bridgehead atoms. The number of hydrogen-bond donors (Lipinski definition) is 2. The zero-order chi connectivity index (χ0) is 21.6. The van der Waals surface area contributed by atoms with Crippen LogP contribution in [-0.4, -0.2) is 39.0 Å². The zero-order valence-corrected chi connectivity index (χ0v) is 18.3. The minimum atomic E-state index is -1.12. The summed E-state index contributed by atoms with van der Waals surface area (Å²) in [5.41, 5.74) is 1.75. The molecule has 0 aliphatic carbocycles. The van der Waals surface area contributed by atoms with Gasteiger partial charge >= 0.3 is 0 Å². The van der Waals surface area contributed by atoms with Gasteiger partial charge in [0, 0.05) is 31.7 Å². The molecule has 2 aromatic rings. The van der Waals surface area contributed by atoms with E-state index in [0.717, 1.165) is 49.9 Å². The molecular formula is C25H34FNO3. The molecule has 2 atom stereocenters. The first-order valence-corrected chi connectivity index (χ1v) is 10.9. The maximum atomic E-state index is 15.3. The van der Waals surface area contributed by atoms with E-state index >= 15 is 4.39 Å². The summed E-state index contributed by atoms with van der Waals surface area (Å²) in [6, 6.07) is 10.8. The van der Waals surface area contributed by atoms with Crippen LogP contribution in [0, 0.1) is 18.7 Å². The van der Waals surface area contributed by atoms with Crippen molar-refractivity contribution in [1.82, 2.24) is 5.32 Å². The molecule has 0 spiro atoms. The van der Waals surface area contributed by atoms with Crippen molar-refractivity contribution in [2.24, 2.45) is 5.92 Å². The second kappa shape index (κ2) is 10.4. The summed E-state index contributed by atoms with van der Waals surface area (Å²) in [5, 5.41) is 15.5. The normalized spacial score (nSPS) is 18.8. The van der Waals surface area contributed by atoms with Crippen molar-refractivity contribution in [3.8, 4) is 16.9 Å². The maximum Gasteiger partial charge on any atom is 0.131 e. The lowest BCUT2D eigenvalue weighted by molar-refractivity contribution is -0.0431. The summed E-state index contributed by atoms with van der Waals surface area (Å²) in [7, 11) is 3.30. The standard InChI is InChI=1S/C25H34FNO3/c1-18-14-19(16-21(15-18)30-3)24-22(9-6-10-23(24)26)25(28,11-4-5-13-29-2)20-8-7-12-27-17-20/h6,9-10,14-16,20,27-28H,4-5,7-8,11-13,17H2,1-3H3/t20-,25+/m1/s1. The van der Waals surface area contributed by atoms with Gasteiger partial charge in [-0.1, -0.05) is 18.2 Å². The molecule has 30 heavy (non-hydrogen) atoms. The third kappa shape index (κ3) is 5.02. The predicted octanol–water partition coefficient (Wildman–Crippen LogP) is 4.81. The summed E-state index contributed by atoms with van der Waals surface area (Å²) in [5.74, 6) is 0.391. The topological polar surface area (TPSA) is 50.7 Å². The van der Waals surface area contributed by atoms with E-state index in [0.29, 0.717) is 29.9 Å². The summed E-state index contributed by atoms with van der Waals surface area (Å²) in [6.45, 7) is 4.31. The second-order valence-electron chi connectivity index (χ2n) is 8.32. The summed E-state index contributed by atoms with van der Waals surface area (Å²) < 4.78 is 25.9. The van der Waals surface area contributed by atoms with E-state index in [2.05, 4.69) is 5.32 Å². The van der Waals surface area contributed by atoms with Crippen LogP contribution in [0.15, 0.2) is 36.4 Å². The first-order valence-electron chi connectivity index (χ1n) is 10.9. The fraction of sp³-hybridized carbons (Fsp3) is 0.520. The molecule has 1 saturated heterocycles. The van der Waals surface area contributed by atoms with Crippen LogP contribution >= 0.6 is 0 Å². The van der Waals surface area contributed by atoms with E-state index in [-0.39, 0.29) is 11.7 Å². The molecule has 5 heteroatoms. The molecule has 0 unspecified atom stereocenters. The fourth-order valence-corrected chi connectivity index (χ4v) is 4.65. The number of aryl methyl sites for hydroxylation is 1. The molecule has 1 aliphatic rings. The molecule has 4 nitrogen and oxygen atoms in total. The van der Waals surface area contributed by atoms with E-state index < -0.39 is 5.60 Å². The van der Waals surface area contributed by atoms with Crippen LogP contribution in [0.4, 0.5) is 4.39 Å². The minimum absolute atomic E-state index is 0.0287. The van der Waals surface area contributed by atoms with E-state index in [1.807, 2.05) is 31.2 Å². The molecule has 3 rings (SSSR count). The quantitative estimate of drug-likeness (QED) is 0.577. The monoisotopic (exact) mass is 415 g/mol. The van der Waals surface area contributed by atoms with Crippen molar-refractivity contribution in [3.63, 3.8) is 0 Å². The van der Waals surface area contributed by atoms with Gasteiger partial charge in [0.1, 0.15) is 11.6 Å². The van der Waals surface area contributed by atoms with Crippen LogP contribution in [-0.2, 0) is 10.3 Å². The SMILES string of the molecule is COCCCC[C@@](O)(c1cccc(F)c1-c1cc(C)cc(OC)c1)[C@@H]1CCCNC1. The Hall–Kier alpha value is -1.95. The van der Waals surface area contributed by atoms with Gasteiger partial charge in [0.15, 0.2) is 0 Å². The van der Waals surface area contributed by atoms with Crippen LogP contribution in [0.1, 0.15) is 43.2 Å². The van der Waals surface area contributed by atoms with E-state index in [4.69, 9.17) is 9.47 Å². The maximum absolute atomic E-state index is 15.3. The molecule has 164 valence electrons. The predicted molar refractivity (Wildman–Crippen MR) is 118 cm³/mol. The van der Waals surface area contributed by atoms with Crippen molar-refractivity contribution in [2.45, 2.75) is 44.6 Å². The Bertz CT molecular complexity index is 835. The lowest BCUT2D eigenvalue weighted by atomic mass is 9.72. The second-order valence-corrected chi connectivity index (χ2v) is 8.32. The fourth-order valence-electron chi connectivity index (χ4n) is 4.65. The summed E-state index contributed by atoms with van der Waals surface area (Å²) >= 11 is 0.